The van der Waals surface area contributed by atoms with Crippen LogP contribution in [0.15, 0.2) is 169 Å². The Morgan fingerprint density at radius 1 is 0.435 bits per heavy atom. The first kappa shape index (κ1) is 56.7. The minimum atomic E-state index is -0.712. The molecule has 0 amide bonds. The lowest BCUT2D eigenvalue weighted by molar-refractivity contribution is -0.145. The zero-order chi connectivity index (χ0) is 46.3. The number of benzene rings is 6. The summed E-state index contributed by atoms with van der Waals surface area (Å²) in [5.41, 5.74) is 3.92. The van der Waals surface area contributed by atoms with Gasteiger partial charge in [0.2, 0.25) is 13.6 Å². The molecule has 14 nitrogen and oxygen atoms in total. The zero-order valence-corrected chi connectivity index (χ0v) is 35.6. The van der Waals surface area contributed by atoms with Crippen molar-refractivity contribution in [2.75, 3.05) is 27.8 Å². The Bertz CT molecular complexity index is 2540. The molecule has 0 saturated heterocycles. The van der Waals surface area contributed by atoms with E-state index in [9.17, 15) is 28.8 Å². The van der Waals surface area contributed by atoms with E-state index in [4.69, 9.17) is 37.9 Å². The fourth-order valence-corrected chi connectivity index (χ4v) is 6.81. The van der Waals surface area contributed by atoms with Gasteiger partial charge in [0.1, 0.15) is 23.0 Å². The third-order valence-corrected chi connectivity index (χ3v) is 10.2. The van der Waals surface area contributed by atoms with Gasteiger partial charge in [-0.2, -0.15) is 0 Å². The molecule has 360 valence electrons. The third kappa shape index (κ3) is 15.3. The molecule has 0 bridgehead atoms. The Morgan fingerprint density at radius 2 is 0.739 bits per heavy atom. The fourth-order valence-electron chi connectivity index (χ4n) is 5.78. The molecule has 0 saturated carbocycles. The fraction of sp³-hybridized carbons (Fsp3) is 0.148. The lowest BCUT2D eigenvalue weighted by Gasteiger charge is -2.15. The van der Waals surface area contributed by atoms with Crippen LogP contribution in [0.3, 0.4) is 0 Å². The van der Waals surface area contributed by atoms with Crippen molar-refractivity contribution in [1.82, 2.24) is 0 Å². The number of carbonyl (C=O) groups excluding carboxylic acids is 6. The summed E-state index contributed by atoms with van der Waals surface area (Å²) in [5, 5.41) is 0. The van der Waals surface area contributed by atoms with Crippen molar-refractivity contribution in [3.05, 3.63) is 181 Å². The van der Waals surface area contributed by atoms with E-state index >= 15 is 0 Å². The summed E-state index contributed by atoms with van der Waals surface area (Å²) in [6.45, 7) is 6.13. The second kappa shape index (κ2) is 27.3. The van der Waals surface area contributed by atoms with E-state index in [1.54, 1.807) is 97.1 Å². The largest absolute Gasteiger partial charge is 0.465 e. The average Bonchev–Trinajstić information content (AvgIpc) is 3.34. The maximum absolute atomic E-state index is 13.6. The van der Waals surface area contributed by atoms with Gasteiger partial charge in [0.25, 0.3) is 0 Å². The first-order valence-electron chi connectivity index (χ1n) is 19.3. The summed E-state index contributed by atoms with van der Waals surface area (Å²) in [7, 11) is 2.45. The number of methoxy groups -OCH3 is 2. The molecular formula is C54H54O14S. The van der Waals surface area contributed by atoms with Crippen LogP contribution in [0.4, 0.5) is 0 Å². The van der Waals surface area contributed by atoms with Crippen molar-refractivity contribution < 1.29 is 66.7 Å². The topological polar surface area (TPSA) is 176 Å². The number of hydrogen-bond donors (Lipinski definition) is 0. The predicted molar refractivity (Wildman–Crippen MR) is 264 cm³/mol. The van der Waals surface area contributed by atoms with Crippen LogP contribution in [0.2, 0.25) is 0 Å². The first-order chi connectivity index (χ1) is 31.5. The molecule has 0 unspecified atom stereocenters. The molecule has 0 N–H and O–H groups in total. The van der Waals surface area contributed by atoms with Crippen molar-refractivity contribution >= 4 is 47.6 Å². The molecule has 6 rings (SSSR count). The van der Waals surface area contributed by atoms with E-state index in [-0.39, 0.29) is 86.8 Å². The van der Waals surface area contributed by atoms with Gasteiger partial charge in [-0.1, -0.05) is 103 Å². The van der Waals surface area contributed by atoms with Crippen molar-refractivity contribution in [2.24, 2.45) is 0 Å². The zero-order valence-electron chi connectivity index (χ0n) is 34.8. The molecular weight excluding hydrogens is 905 g/mol. The highest BCUT2D eigenvalue weighted by Gasteiger charge is 2.21. The lowest BCUT2D eigenvalue weighted by atomic mass is 10.0. The van der Waals surface area contributed by atoms with Gasteiger partial charge in [0.05, 0.1) is 46.3 Å². The molecule has 0 aliphatic heterocycles. The van der Waals surface area contributed by atoms with Crippen LogP contribution < -0.4 is 18.9 Å². The van der Waals surface area contributed by atoms with E-state index in [1.165, 1.54) is 50.6 Å². The maximum Gasteiger partial charge on any atom is 0.343 e. The normalized spacial score (nSPS) is 9.77. The Hall–Kier alpha value is -8.43. The van der Waals surface area contributed by atoms with Gasteiger partial charge in [0, 0.05) is 12.2 Å². The number of rotatable bonds is 18. The van der Waals surface area contributed by atoms with Gasteiger partial charge in [-0.05, 0) is 107 Å². The summed E-state index contributed by atoms with van der Waals surface area (Å²) >= 11 is 0.967. The van der Waals surface area contributed by atoms with E-state index in [2.05, 4.69) is 13.2 Å². The van der Waals surface area contributed by atoms with Crippen molar-refractivity contribution in [2.45, 2.75) is 39.5 Å². The molecule has 0 radical (unpaired) electrons. The minimum absolute atomic E-state index is 0. The van der Waals surface area contributed by atoms with Gasteiger partial charge >= 0.3 is 35.8 Å². The maximum atomic E-state index is 13.6. The van der Waals surface area contributed by atoms with Crippen LogP contribution in [-0.4, -0.2) is 63.6 Å². The minimum Gasteiger partial charge on any atom is -0.465 e. The molecule has 0 spiro atoms. The standard InChI is InChI=1S/C50H38O14S.4CH4/c1-5-45(51)61-29-59-39-21-15-33(16-22-39)31-7-11-35(12-8-31)49(55)63-41-25-19-37(47(53)57-3)27-43(41)65-44-28-38(48(54)58-4)20-26-42(44)64-50(56)36-13-9-32(10-14-36)34-17-23-40(24-18-34)60-30-62-46(52)6-2;;;;/h5-28H,1-2,29-30H2,3-4H3;4*1H4. The summed E-state index contributed by atoms with van der Waals surface area (Å²) < 4.78 is 42.1. The van der Waals surface area contributed by atoms with Crippen LogP contribution in [-0.2, 0) is 28.5 Å². The molecule has 0 aliphatic rings. The lowest BCUT2D eigenvalue weighted by Crippen LogP contribution is -2.11. The smallest absolute Gasteiger partial charge is 0.343 e. The van der Waals surface area contributed by atoms with Crippen LogP contribution >= 0.6 is 11.8 Å². The Labute approximate surface area is 406 Å². The van der Waals surface area contributed by atoms with Crippen molar-refractivity contribution in [1.29, 1.82) is 0 Å². The highest BCUT2D eigenvalue weighted by molar-refractivity contribution is 7.99. The van der Waals surface area contributed by atoms with E-state index < -0.39 is 35.8 Å². The molecule has 0 fully saturated rings. The van der Waals surface area contributed by atoms with E-state index in [0.29, 0.717) is 11.5 Å². The molecule has 6 aromatic carbocycles. The molecule has 0 aromatic heterocycles. The highest BCUT2D eigenvalue weighted by Crippen LogP contribution is 2.42. The Balaban J connectivity index is 0.00000408. The van der Waals surface area contributed by atoms with Crippen LogP contribution in [0.1, 0.15) is 71.1 Å². The second-order valence-electron chi connectivity index (χ2n) is 13.3. The Kier molecular flexibility index (Phi) is 22.4. The Morgan fingerprint density at radius 3 is 1.04 bits per heavy atom. The second-order valence-corrected chi connectivity index (χ2v) is 14.3. The molecule has 15 heteroatoms. The van der Waals surface area contributed by atoms with Crippen LogP contribution in [0, 0.1) is 0 Å². The monoisotopic (exact) mass is 958 g/mol. The van der Waals surface area contributed by atoms with Crippen LogP contribution in [0.5, 0.6) is 23.0 Å². The molecule has 6 aromatic rings. The number of ether oxygens (including phenoxy) is 8. The van der Waals surface area contributed by atoms with Gasteiger partial charge in [-0.3, -0.25) is 0 Å². The van der Waals surface area contributed by atoms with Crippen molar-refractivity contribution in [3.63, 3.8) is 0 Å². The molecule has 0 heterocycles. The van der Waals surface area contributed by atoms with Gasteiger partial charge < -0.3 is 37.9 Å². The van der Waals surface area contributed by atoms with Gasteiger partial charge in [-0.15, -0.1) is 0 Å². The van der Waals surface area contributed by atoms with Gasteiger partial charge in [-0.25, -0.2) is 28.8 Å². The summed E-state index contributed by atoms with van der Waals surface area (Å²) in [4.78, 5) is 75.4. The van der Waals surface area contributed by atoms with E-state index in [1.807, 2.05) is 0 Å². The third-order valence-electron chi connectivity index (χ3n) is 9.16. The number of carbonyl (C=O) groups is 6. The molecule has 0 aliphatic carbocycles. The van der Waals surface area contributed by atoms with Crippen LogP contribution in [0.25, 0.3) is 22.3 Å². The van der Waals surface area contributed by atoms with Crippen molar-refractivity contribution in [3.8, 4) is 45.3 Å². The summed E-state index contributed by atoms with van der Waals surface area (Å²) in [5.74, 6) is -2.89. The summed E-state index contributed by atoms with van der Waals surface area (Å²) in [6.07, 6.45) is 2.08. The van der Waals surface area contributed by atoms with Gasteiger partial charge in [0.15, 0.2) is 0 Å². The molecule has 69 heavy (non-hydrogen) atoms. The van der Waals surface area contributed by atoms with E-state index in [0.717, 1.165) is 46.2 Å². The predicted octanol–water partition coefficient (Wildman–Crippen LogP) is 11.9. The average molecular weight is 959 g/mol. The summed E-state index contributed by atoms with van der Waals surface area (Å²) in [6, 6.07) is 36.0. The highest BCUT2D eigenvalue weighted by atomic mass is 32.2. The first-order valence-corrected chi connectivity index (χ1v) is 20.1. The SMILES string of the molecule is C.C.C.C.C=CC(=O)OCOc1ccc(-c2ccc(C(=O)Oc3ccc(C(=O)OC)cc3Sc3cc(C(=O)OC)ccc3OC(=O)c3ccc(-c4ccc(OCOC(=O)C=C)cc4)cc3)cc2)cc1. The quantitative estimate of drug-likeness (QED) is 0.0261. The molecule has 0 atom stereocenters. The number of esters is 6. The number of hydrogen-bond acceptors (Lipinski definition) is 15.